The average Bonchev–Trinajstić information content (AvgIpc) is 3.16. The minimum atomic E-state index is -0.637. The molecule has 5 heteroatoms. The first-order chi connectivity index (χ1) is 14.2. The van der Waals surface area contributed by atoms with Crippen molar-refractivity contribution in [3.05, 3.63) is 102 Å². The summed E-state index contributed by atoms with van der Waals surface area (Å²) in [5.41, 5.74) is 1.58. The number of ether oxygens (including phenoxy) is 2. The summed E-state index contributed by atoms with van der Waals surface area (Å²) in [7, 11) is 0. The van der Waals surface area contributed by atoms with Crippen LogP contribution in [-0.2, 0) is 9.53 Å². The number of para-hydroxylation sites is 2. The van der Waals surface area contributed by atoms with Gasteiger partial charge in [0.25, 0.3) is 5.91 Å². The fourth-order valence-corrected chi connectivity index (χ4v) is 3.15. The molecule has 1 saturated heterocycles. The molecular formula is C24H19NO4. The molecule has 5 nitrogen and oxygen atoms in total. The van der Waals surface area contributed by atoms with Crippen molar-refractivity contribution in [2.45, 2.75) is 6.04 Å². The molecule has 144 valence electrons. The van der Waals surface area contributed by atoms with Gasteiger partial charge in [-0.15, -0.1) is 0 Å². The molecule has 1 aliphatic heterocycles. The number of hydrogen-bond donors (Lipinski definition) is 0. The highest BCUT2D eigenvalue weighted by Gasteiger charge is 2.37. The zero-order valence-corrected chi connectivity index (χ0v) is 15.6. The SMILES string of the molecule is O=C(C=Cc1ccccc1Oc1ccccc1)N1C(=O)OCC1c1ccccc1. The molecular weight excluding hydrogens is 366 g/mol. The Kier molecular flexibility index (Phi) is 5.38. The Morgan fingerprint density at radius 3 is 2.34 bits per heavy atom. The topological polar surface area (TPSA) is 55.8 Å². The number of nitrogens with zero attached hydrogens (tertiary/aromatic N) is 1. The quantitative estimate of drug-likeness (QED) is 0.566. The lowest BCUT2D eigenvalue weighted by atomic mass is 10.1. The van der Waals surface area contributed by atoms with E-state index in [0.29, 0.717) is 11.5 Å². The Morgan fingerprint density at radius 2 is 1.59 bits per heavy atom. The summed E-state index contributed by atoms with van der Waals surface area (Å²) in [5, 5.41) is 0. The number of imide groups is 1. The zero-order valence-electron chi connectivity index (χ0n) is 15.6. The number of rotatable bonds is 5. The van der Waals surface area contributed by atoms with Gasteiger partial charge in [0.15, 0.2) is 0 Å². The molecule has 4 rings (SSSR count). The summed E-state index contributed by atoms with van der Waals surface area (Å²) in [6, 6.07) is 25.7. The summed E-state index contributed by atoms with van der Waals surface area (Å²) < 4.78 is 11.0. The lowest BCUT2D eigenvalue weighted by molar-refractivity contribution is -0.124. The number of amides is 2. The van der Waals surface area contributed by atoms with E-state index in [9.17, 15) is 9.59 Å². The Balaban J connectivity index is 1.54. The van der Waals surface area contributed by atoms with E-state index < -0.39 is 18.0 Å². The fourth-order valence-electron chi connectivity index (χ4n) is 3.15. The van der Waals surface area contributed by atoms with Crippen LogP contribution in [0.5, 0.6) is 11.5 Å². The van der Waals surface area contributed by atoms with E-state index in [4.69, 9.17) is 9.47 Å². The standard InChI is InChI=1S/C24H19NO4/c26-23(25-21(17-28-24(25)27)18-9-3-1-4-10-18)16-15-19-11-7-8-14-22(19)29-20-12-5-2-6-13-20/h1-16,21H,17H2. The minimum absolute atomic E-state index is 0.149. The van der Waals surface area contributed by atoms with Crippen LogP contribution in [0.25, 0.3) is 6.08 Å². The molecule has 0 N–H and O–H groups in total. The van der Waals surface area contributed by atoms with Crippen molar-refractivity contribution in [2.75, 3.05) is 6.61 Å². The lowest BCUT2D eigenvalue weighted by Crippen LogP contribution is -2.32. The summed E-state index contributed by atoms with van der Waals surface area (Å²) in [5.74, 6) is 0.883. The van der Waals surface area contributed by atoms with Crippen molar-refractivity contribution in [1.29, 1.82) is 0 Å². The maximum atomic E-state index is 12.8. The van der Waals surface area contributed by atoms with Crippen LogP contribution >= 0.6 is 0 Å². The van der Waals surface area contributed by atoms with Crippen LogP contribution in [0.1, 0.15) is 17.2 Å². The van der Waals surface area contributed by atoms with Gasteiger partial charge in [0, 0.05) is 11.6 Å². The third-order valence-corrected chi connectivity index (χ3v) is 4.59. The third kappa shape index (κ3) is 4.19. The van der Waals surface area contributed by atoms with Crippen molar-refractivity contribution in [2.24, 2.45) is 0 Å². The number of hydrogen-bond acceptors (Lipinski definition) is 4. The van der Waals surface area contributed by atoms with Gasteiger partial charge in [-0.05, 0) is 29.8 Å². The molecule has 0 bridgehead atoms. The van der Waals surface area contributed by atoms with E-state index in [1.165, 1.54) is 6.08 Å². The number of carbonyl (C=O) groups is 2. The van der Waals surface area contributed by atoms with Crippen molar-refractivity contribution in [3.8, 4) is 11.5 Å². The first-order valence-electron chi connectivity index (χ1n) is 9.27. The van der Waals surface area contributed by atoms with Crippen molar-refractivity contribution in [1.82, 2.24) is 4.90 Å². The number of benzene rings is 3. The van der Waals surface area contributed by atoms with Crippen LogP contribution in [0.2, 0.25) is 0 Å². The van der Waals surface area contributed by atoms with Crippen LogP contribution in [0.15, 0.2) is 91.0 Å². The van der Waals surface area contributed by atoms with Gasteiger partial charge in [-0.1, -0.05) is 66.7 Å². The highest BCUT2D eigenvalue weighted by atomic mass is 16.6. The molecule has 1 unspecified atom stereocenters. The molecule has 2 amide bonds. The monoisotopic (exact) mass is 385 g/mol. The molecule has 3 aromatic rings. The number of cyclic esters (lactones) is 1. The van der Waals surface area contributed by atoms with Crippen molar-refractivity contribution < 1.29 is 19.1 Å². The first kappa shape index (κ1) is 18.5. The van der Waals surface area contributed by atoms with E-state index >= 15 is 0 Å². The average molecular weight is 385 g/mol. The molecule has 0 aromatic heterocycles. The third-order valence-electron chi connectivity index (χ3n) is 4.59. The smallest absolute Gasteiger partial charge is 0.417 e. The van der Waals surface area contributed by atoms with E-state index in [1.54, 1.807) is 6.08 Å². The summed E-state index contributed by atoms with van der Waals surface area (Å²) in [6.07, 6.45) is 2.38. The summed E-state index contributed by atoms with van der Waals surface area (Å²) in [6.45, 7) is 0.149. The molecule has 0 aliphatic carbocycles. The normalized spacial score (nSPS) is 16.1. The van der Waals surface area contributed by atoms with Crippen LogP contribution in [-0.4, -0.2) is 23.5 Å². The molecule has 1 fully saturated rings. The van der Waals surface area contributed by atoms with Crippen molar-refractivity contribution in [3.63, 3.8) is 0 Å². The van der Waals surface area contributed by atoms with Gasteiger partial charge in [0.05, 0.1) is 0 Å². The predicted molar refractivity (Wildman–Crippen MR) is 109 cm³/mol. The van der Waals surface area contributed by atoms with Gasteiger partial charge < -0.3 is 9.47 Å². The highest BCUT2D eigenvalue weighted by molar-refractivity contribution is 6.02. The van der Waals surface area contributed by atoms with Gasteiger partial charge in [-0.2, -0.15) is 0 Å². The second kappa shape index (κ2) is 8.44. The Morgan fingerprint density at radius 1 is 0.931 bits per heavy atom. The van der Waals surface area contributed by atoms with Crippen LogP contribution in [0, 0.1) is 0 Å². The molecule has 1 aliphatic rings. The Labute approximate surface area is 168 Å². The molecule has 0 spiro atoms. The maximum Gasteiger partial charge on any atom is 0.417 e. The van der Waals surface area contributed by atoms with Crippen LogP contribution in [0.4, 0.5) is 4.79 Å². The largest absolute Gasteiger partial charge is 0.457 e. The predicted octanol–water partition coefficient (Wildman–Crippen LogP) is 5.21. The van der Waals surface area contributed by atoms with Crippen LogP contribution < -0.4 is 4.74 Å². The van der Waals surface area contributed by atoms with E-state index in [0.717, 1.165) is 16.0 Å². The van der Waals surface area contributed by atoms with Crippen molar-refractivity contribution >= 4 is 18.1 Å². The highest BCUT2D eigenvalue weighted by Crippen LogP contribution is 2.29. The minimum Gasteiger partial charge on any atom is -0.457 e. The van der Waals surface area contributed by atoms with Gasteiger partial charge >= 0.3 is 6.09 Å². The zero-order chi connectivity index (χ0) is 20.1. The number of carbonyl (C=O) groups excluding carboxylic acids is 2. The first-order valence-corrected chi connectivity index (χ1v) is 9.27. The molecule has 0 radical (unpaired) electrons. The molecule has 1 heterocycles. The Bertz CT molecular complexity index is 1030. The van der Waals surface area contributed by atoms with Gasteiger partial charge in [-0.3, -0.25) is 4.79 Å². The molecule has 29 heavy (non-hydrogen) atoms. The van der Waals surface area contributed by atoms with E-state index in [1.807, 2.05) is 84.9 Å². The fraction of sp³-hybridized carbons (Fsp3) is 0.0833. The van der Waals surface area contributed by atoms with E-state index in [2.05, 4.69) is 0 Å². The van der Waals surface area contributed by atoms with Crippen LogP contribution in [0.3, 0.4) is 0 Å². The molecule has 3 aromatic carbocycles. The van der Waals surface area contributed by atoms with Gasteiger partial charge in [-0.25, -0.2) is 9.69 Å². The second-order valence-corrected chi connectivity index (χ2v) is 6.50. The van der Waals surface area contributed by atoms with Gasteiger partial charge in [0.2, 0.25) is 0 Å². The second-order valence-electron chi connectivity index (χ2n) is 6.50. The summed E-state index contributed by atoms with van der Waals surface area (Å²) in [4.78, 5) is 26.1. The van der Waals surface area contributed by atoms with E-state index in [-0.39, 0.29) is 6.61 Å². The van der Waals surface area contributed by atoms with Gasteiger partial charge in [0.1, 0.15) is 24.1 Å². The lowest BCUT2D eigenvalue weighted by Gasteiger charge is -2.18. The summed E-state index contributed by atoms with van der Waals surface area (Å²) >= 11 is 0. The maximum absolute atomic E-state index is 12.8. The molecule has 1 atom stereocenters. The molecule has 0 saturated carbocycles. The Hall–Kier alpha value is -3.86.